The van der Waals surface area contributed by atoms with E-state index < -0.39 is 0 Å². The molecule has 6 nitrogen and oxygen atoms in total. The Hall–Kier alpha value is -1.38. The zero-order valence-corrected chi connectivity index (χ0v) is 16.7. The van der Waals surface area contributed by atoms with Crippen LogP contribution in [0.15, 0.2) is 29.5 Å². The van der Waals surface area contributed by atoms with E-state index in [9.17, 15) is 4.79 Å². The Balaban J connectivity index is 0.00000484. The molecule has 0 atom stereocenters. The summed E-state index contributed by atoms with van der Waals surface area (Å²) in [6, 6.07) is 3.96. The molecule has 0 bridgehead atoms. The first-order valence-corrected chi connectivity index (χ1v) is 7.63. The van der Waals surface area contributed by atoms with Gasteiger partial charge in [-0.15, -0.1) is 24.0 Å². The summed E-state index contributed by atoms with van der Waals surface area (Å²) >= 11 is 0. The van der Waals surface area contributed by atoms with Gasteiger partial charge in [0.1, 0.15) is 6.54 Å². The van der Waals surface area contributed by atoms with Crippen molar-refractivity contribution in [3.8, 4) is 0 Å². The molecule has 7 heteroatoms. The largest absolute Gasteiger partial charge is 0.357 e. The summed E-state index contributed by atoms with van der Waals surface area (Å²) in [6.45, 7) is 9.44. The standard InChI is InChI=1S/C16H27N5O.HI/c1-5-18-15(20-12-14(22)21-16(2,3)4)19-10-8-13-7-6-9-17-11-13;/h6-7,9,11H,5,8,10,12H2,1-4H3,(H,21,22)(H2,18,19,20);1H. The molecule has 1 aromatic rings. The van der Waals surface area contributed by atoms with E-state index in [-0.39, 0.29) is 42.0 Å². The van der Waals surface area contributed by atoms with Gasteiger partial charge in [0.15, 0.2) is 5.96 Å². The van der Waals surface area contributed by atoms with Gasteiger partial charge in [0.25, 0.3) is 0 Å². The molecule has 3 N–H and O–H groups in total. The first-order chi connectivity index (χ1) is 10.4. The molecule has 0 aliphatic rings. The number of rotatable bonds is 6. The van der Waals surface area contributed by atoms with E-state index in [1.807, 2.05) is 46.0 Å². The van der Waals surface area contributed by atoms with Gasteiger partial charge in [-0.1, -0.05) is 6.07 Å². The van der Waals surface area contributed by atoms with Gasteiger partial charge in [-0.05, 0) is 45.7 Å². The summed E-state index contributed by atoms with van der Waals surface area (Å²) in [5.41, 5.74) is 0.926. The fourth-order valence-corrected chi connectivity index (χ4v) is 1.82. The monoisotopic (exact) mass is 433 g/mol. The van der Waals surface area contributed by atoms with Crippen LogP contribution in [0.3, 0.4) is 0 Å². The zero-order valence-electron chi connectivity index (χ0n) is 14.3. The molecule has 1 aromatic heterocycles. The van der Waals surface area contributed by atoms with Crippen molar-refractivity contribution in [2.45, 2.75) is 39.7 Å². The number of nitrogens with zero attached hydrogens (tertiary/aromatic N) is 2. The lowest BCUT2D eigenvalue weighted by molar-refractivity contribution is -0.121. The van der Waals surface area contributed by atoms with Gasteiger partial charge in [-0.25, -0.2) is 4.99 Å². The van der Waals surface area contributed by atoms with Crippen LogP contribution in [-0.4, -0.2) is 42.0 Å². The molecule has 1 rings (SSSR count). The van der Waals surface area contributed by atoms with Crippen LogP contribution in [0.1, 0.15) is 33.3 Å². The number of pyridine rings is 1. The summed E-state index contributed by atoms with van der Waals surface area (Å²) in [6.07, 6.45) is 4.46. The molecule has 0 spiro atoms. The van der Waals surface area contributed by atoms with Crippen molar-refractivity contribution >= 4 is 35.8 Å². The van der Waals surface area contributed by atoms with E-state index in [0.717, 1.165) is 25.1 Å². The zero-order chi connectivity index (χ0) is 16.4. The molecule has 0 aromatic carbocycles. The fraction of sp³-hybridized carbons (Fsp3) is 0.562. The van der Waals surface area contributed by atoms with Crippen molar-refractivity contribution in [1.82, 2.24) is 20.9 Å². The molecule has 0 unspecified atom stereocenters. The van der Waals surface area contributed by atoms with Crippen molar-refractivity contribution in [1.29, 1.82) is 0 Å². The number of halogens is 1. The van der Waals surface area contributed by atoms with Crippen LogP contribution in [0, 0.1) is 0 Å². The number of hydrogen-bond donors (Lipinski definition) is 3. The van der Waals surface area contributed by atoms with E-state index in [2.05, 4.69) is 25.9 Å². The Morgan fingerprint density at radius 1 is 1.30 bits per heavy atom. The second kappa shape index (κ2) is 11.2. The molecular formula is C16H28IN5O. The van der Waals surface area contributed by atoms with Crippen LogP contribution in [-0.2, 0) is 11.2 Å². The van der Waals surface area contributed by atoms with Crippen LogP contribution in [0.2, 0.25) is 0 Å². The van der Waals surface area contributed by atoms with Gasteiger partial charge in [-0.2, -0.15) is 0 Å². The summed E-state index contributed by atoms with van der Waals surface area (Å²) in [5, 5.41) is 9.24. The predicted molar refractivity (Wildman–Crippen MR) is 105 cm³/mol. The molecule has 0 saturated heterocycles. The maximum atomic E-state index is 11.8. The highest BCUT2D eigenvalue weighted by Crippen LogP contribution is 1.98. The van der Waals surface area contributed by atoms with Gasteiger partial charge in [0.05, 0.1) is 0 Å². The van der Waals surface area contributed by atoms with Crippen molar-refractivity contribution in [2.75, 3.05) is 19.6 Å². The molecule has 0 fully saturated rings. The lowest BCUT2D eigenvalue weighted by Gasteiger charge is -2.20. The third-order valence-corrected chi connectivity index (χ3v) is 2.67. The number of amides is 1. The van der Waals surface area contributed by atoms with Gasteiger partial charge < -0.3 is 16.0 Å². The van der Waals surface area contributed by atoms with E-state index >= 15 is 0 Å². The molecule has 23 heavy (non-hydrogen) atoms. The molecule has 1 heterocycles. The van der Waals surface area contributed by atoms with Crippen LogP contribution in [0.5, 0.6) is 0 Å². The topological polar surface area (TPSA) is 78.4 Å². The molecule has 0 radical (unpaired) electrons. The number of carbonyl (C=O) groups is 1. The van der Waals surface area contributed by atoms with Crippen LogP contribution < -0.4 is 16.0 Å². The second-order valence-electron chi connectivity index (χ2n) is 6.03. The highest BCUT2D eigenvalue weighted by molar-refractivity contribution is 14.0. The number of aromatic nitrogens is 1. The molecule has 0 aliphatic heterocycles. The Bertz CT molecular complexity index is 485. The van der Waals surface area contributed by atoms with E-state index in [0.29, 0.717) is 5.96 Å². The Kier molecular flexibility index (Phi) is 10.5. The highest BCUT2D eigenvalue weighted by atomic mass is 127. The third kappa shape index (κ3) is 10.9. The number of guanidine groups is 1. The van der Waals surface area contributed by atoms with Crippen molar-refractivity contribution in [3.05, 3.63) is 30.1 Å². The van der Waals surface area contributed by atoms with Gasteiger partial charge in [0, 0.05) is 31.0 Å². The first-order valence-electron chi connectivity index (χ1n) is 7.63. The Labute approximate surface area is 156 Å². The average molecular weight is 433 g/mol. The molecular weight excluding hydrogens is 405 g/mol. The van der Waals surface area contributed by atoms with Crippen LogP contribution in [0.4, 0.5) is 0 Å². The quantitative estimate of drug-likeness (QED) is 0.363. The summed E-state index contributed by atoms with van der Waals surface area (Å²) in [5.74, 6) is 0.562. The average Bonchev–Trinajstić information content (AvgIpc) is 2.44. The molecule has 0 saturated carbocycles. The molecule has 130 valence electrons. The summed E-state index contributed by atoms with van der Waals surface area (Å²) in [4.78, 5) is 20.2. The maximum absolute atomic E-state index is 11.8. The first kappa shape index (κ1) is 21.6. The summed E-state index contributed by atoms with van der Waals surface area (Å²) in [7, 11) is 0. The predicted octanol–water partition coefficient (Wildman–Crippen LogP) is 1.71. The van der Waals surface area contributed by atoms with Gasteiger partial charge in [-0.3, -0.25) is 9.78 Å². The van der Waals surface area contributed by atoms with Crippen LogP contribution >= 0.6 is 24.0 Å². The minimum Gasteiger partial charge on any atom is -0.357 e. The van der Waals surface area contributed by atoms with E-state index in [1.54, 1.807) is 6.20 Å². The molecule has 1 amide bonds. The minimum absolute atomic E-state index is 0. The molecule has 0 aliphatic carbocycles. The van der Waals surface area contributed by atoms with Crippen molar-refractivity contribution < 1.29 is 4.79 Å². The highest BCUT2D eigenvalue weighted by Gasteiger charge is 2.13. The Morgan fingerprint density at radius 2 is 2.04 bits per heavy atom. The maximum Gasteiger partial charge on any atom is 0.242 e. The van der Waals surface area contributed by atoms with Crippen molar-refractivity contribution in [3.63, 3.8) is 0 Å². The van der Waals surface area contributed by atoms with Crippen LogP contribution in [0.25, 0.3) is 0 Å². The minimum atomic E-state index is -0.237. The van der Waals surface area contributed by atoms with Crippen molar-refractivity contribution in [2.24, 2.45) is 4.99 Å². The van der Waals surface area contributed by atoms with Gasteiger partial charge in [0.2, 0.25) is 5.91 Å². The lowest BCUT2D eigenvalue weighted by atomic mass is 10.1. The third-order valence-electron chi connectivity index (χ3n) is 2.67. The normalized spacial score (nSPS) is 11.4. The lowest BCUT2D eigenvalue weighted by Crippen LogP contribution is -2.43. The van der Waals surface area contributed by atoms with E-state index in [4.69, 9.17) is 0 Å². The number of aliphatic imine (C=N–C) groups is 1. The fourth-order valence-electron chi connectivity index (χ4n) is 1.82. The van der Waals surface area contributed by atoms with Gasteiger partial charge >= 0.3 is 0 Å². The summed E-state index contributed by atoms with van der Waals surface area (Å²) < 4.78 is 0. The second-order valence-corrected chi connectivity index (χ2v) is 6.03. The Morgan fingerprint density at radius 3 is 2.61 bits per heavy atom. The smallest absolute Gasteiger partial charge is 0.242 e. The SMILES string of the molecule is CCNC(=NCC(=O)NC(C)(C)C)NCCc1cccnc1.I. The van der Waals surface area contributed by atoms with E-state index in [1.165, 1.54) is 0 Å². The number of carbonyl (C=O) groups excluding carboxylic acids is 1. The number of nitrogens with one attached hydrogen (secondary N) is 3. The number of hydrogen-bond acceptors (Lipinski definition) is 3.